The molecule has 1 aliphatic heterocycles. The van der Waals surface area contributed by atoms with Crippen molar-refractivity contribution in [3.05, 3.63) is 88.2 Å². The van der Waals surface area contributed by atoms with Crippen molar-refractivity contribution >= 4 is 33.9 Å². The standard InChI is InChI=1S/C30H28ClN5O2/c1-18-12-23(20-4-5-27(25(31)14-20)36-11-10-34(3)30(36)38)29(37)24(13-18)21-15-26-22(6-7-33-26)28(16-21)35-9-8-32-19(2)17-35/h4-7,10-16,33,37H,8-9,17H2,1-3H3. The average Bonchev–Trinajstić information content (AvgIpc) is 3.51. The number of aromatic hydroxyl groups is 1. The summed E-state index contributed by atoms with van der Waals surface area (Å²) in [6, 6.07) is 15.8. The average molecular weight is 526 g/mol. The number of hydrogen-bond donors (Lipinski definition) is 2. The van der Waals surface area contributed by atoms with Crippen LogP contribution >= 0.6 is 11.6 Å². The quantitative estimate of drug-likeness (QED) is 0.305. The van der Waals surface area contributed by atoms with Crippen LogP contribution in [-0.2, 0) is 7.05 Å². The van der Waals surface area contributed by atoms with Crippen LogP contribution in [0.2, 0.25) is 5.02 Å². The van der Waals surface area contributed by atoms with Crippen molar-refractivity contribution in [3.8, 4) is 33.7 Å². The highest BCUT2D eigenvalue weighted by atomic mass is 35.5. The van der Waals surface area contributed by atoms with Crippen molar-refractivity contribution in [2.45, 2.75) is 13.8 Å². The third kappa shape index (κ3) is 4.09. The maximum absolute atomic E-state index is 12.4. The van der Waals surface area contributed by atoms with Gasteiger partial charge in [0.2, 0.25) is 0 Å². The van der Waals surface area contributed by atoms with E-state index in [4.69, 9.17) is 11.6 Å². The molecular weight excluding hydrogens is 498 g/mol. The lowest BCUT2D eigenvalue weighted by molar-refractivity contribution is 0.479. The molecule has 2 aromatic heterocycles. The molecule has 0 fully saturated rings. The number of benzene rings is 3. The first-order valence-electron chi connectivity index (χ1n) is 12.5. The zero-order valence-corrected chi connectivity index (χ0v) is 22.3. The van der Waals surface area contributed by atoms with E-state index in [9.17, 15) is 9.90 Å². The van der Waals surface area contributed by atoms with Gasteiger partial charge in [-0.1, -0.05) is 17.7 Å². The Morgan fingerprint density at radius 1 is 0.974 bits per heavy atom. The molecule has 0 bridgehead atoms. The molecule has 0 radical (unpaired) electrons. The number of nitrogens with one attached hydrogen (secondary N) is 1. The number of phenolic OH excluding ortho intramolecular Hbond substituents is 1. The molecule has 192 valence electrons. The van der Waals surface area contributed by atoms with Crippen molar-refractivity contribution in [1.82, 2.24) is 14.1 Å². The highest BCUT2D eigenvalue weighted by molar-refractivity contribution is 6.32. The van der Waals surface area contributed by atoms with E-state index in [1.165, 1.54) is 9.13 Å². The number of aliphatic imine (C=N–C) groups is 1. The van der Waals surface area contributed by atoms with Gasteiger partial charge in [-0.05, 0) is 73.0 Å². The predicted molar refractivity (Wildman–Crippen MR) is 155 cm³/mol. The summed E-state index contributed by atoms with van der Waals surface area (Å²) in [7, 11) is 1.70. The summed E-state index contributed by atoms with van der Waals surface area (Å²) in [6.07, 6.45) is 5.33. The number of aromatic amines is 1. The minimum atomic E-state index is -0.175. The highest BCUT2D eigenvalue weighted by Crippen LogP contribution is 2.43. The van der Waals surface area contributed by atoms with Gasteiger partial charge in [-0.3, -0.25) is 9.56 Å². The van der Waals surface area contributed by atoms with E-state index < -0.39 is 0 Å². The third-order valence-corrected chi connectivity index (χ3v) is 7.49. The zero-order valence-electron chi connectivity index (χ0n) is 21.5. The van der Waals surface area contributed by atoms with E-state index >= 15 is 0 Å². The molecule has 0 saturated carbocycles. The summed E-state index contributed by atoms with van der Waals surface area (Å²) in [5, 5.41) is 13.1. The fraction of sp³-hybridized carbons (Fsp3) is 0.200. The number of imidazole rings is 1. The number of halogens is 1. The van der Waals surface area contributed by atoms with Crippen molar-refractivity contribution in [2.75, 3.05) is 24.5 Å². The Hall–Kier alpha value is -4.23. The monoisotopic (exact) mass is 525 g/mol. The number of rotatable bonds is 4. The zero-order chi connectivity index (χ0) is 26.6. The molecule has 0 amide bonds. The number of hydrogen-bond acceptors (Lipinski definition) is 4. The lowest BCUT2D eigenvalue weighted by Gasteiger charge is -2.29. The molecule has 3 heterocycles. The van der Waals surface area contributed by atoms with Gasteiger partial charge in [-0.15, -0.1) is 0 Å². The Bertz CT molecular complexity index is 1790. The van der Waals surface area contributed by atoms with Crippen LogP contribution in [0.3, 0.4) is 0 Å². The predicted octanol–water partition coefficient (Wildman–Crippen LogP) is 5.94. The SMILES string of the molecule is CC1=NCCN(c2cc(-c3cc(C)cc(-c4ccc(-n5ccn(C)c5=O)c(Cl)c4)c3O)cc3[nH]ccc23)C1. The lowest BCUT2D eigenvalue weighted by atomic mass is 9.93. The van der Waals surface area contributed by atoms with Crippen LogP contribution in [0.5, 0.6) is 5.75 Å². The topological polar surface area (TPSA) is 78.6 Å². The second-order valence-electron chi connectivity index (χ2n) is 9.91. The molecule has 0 atom stereocenters. The van der Waals surface area contributed by atoms with Crippen molar-refractivity contribution in [2.24, 2.45) is 12.0 Å². The van der Waals surface area contributed by atoms with Gasteiger partial charge in [-0.2, -0.15) is 0 Å². The van der Waals surface area contributed by atoms with Gasteiger partial charge in [0.25, 0.3) is 0 Å². The van der Waals surface area contributed by atoms with E-state index in [0.717, 1.165) is 64.2 Å². The van der Waals surface area contributed by atoms with Crippen molar-refractivity contribution < 1.29 is 5.11 Å². The smallest absolute Gasteiger partial charge is 0.332 e. The van der Waals surface area contributed by atoms with E-state index in [0.29, 0.717) is 16.3 Å². The van der Waals surface area contributed by atoms with Crippen LogP contribution in [0.1, 0.15) is 12.5 Å². The summed E-state index contributed by atoms with van der Waals surface area (Å²) >= 11 is 6.65. The first-order chi connectivity index (χ1) is 18.3. The number of anilines is 1. The molecule has 0 aliphatic carbocycles. The third-order valence-electron chi connectivity index (χ3n) is 7.19. The molecule has 0 spiro atoms. The summed E-state index contributed by atoms with van der Waals surface area (Å²) in [5.41, 5.74) is 7.82. The molecule has 2 N–H and O–H groups in total. The number of nitrogens with zero attached hydrogens (tertiary/aromatic N) is 4. The van der Waals surface area contributed by atoms with Gasteiger partial charge >= 0.3 is 5.69 Å². The Morgan fingerprint density at radius 2 is 1.76 bits per heavy atom. The van der Waals surface area contributed by atoms with Crippen LogP contribution in [0.15, 0.2) is 76.9 Å². The van der Waals surface area contributed by atoms with Crippen LogP contribution in [0, 0.1) is 6.92 Å². The molecule has 8 heteroatoms. The van der Waals surface area contributed by atoms with Crippen LogP contribution in [-0.4, -0.2) is 44.6 Å². The number of fused-ring (bicyclic) bond motifs is 1. The Balaban J connectivity index is 1.46. The van der Waals surface area contributed by atoms with Crippen molar-refractivity contribution in [1.29, 1.82) is 0 Å². The van der Waals surface area contributed by atoms with E-state index in [1.807, 2.05) is 37.4 Å². The maximum Gasteiger partial charge on any atom is 0.332 e. The molecule has 3 aromatic carbocycles. The van der Waals surface area contributed by atoms with E-state index in [1.54, 1.807) is 25.5 Å². The largest absolute Gasteiger partial charge is 0.507 e. The molecule has 0 unspecified atom stereocenters. The van der Waals surface area contributed by atoms with Gasteiger partial charge in [0, 0.05) is 65.6 Å². The second-order valence-corrected chi connectivity index (χ2v) is 10.3. The minimum absolute atomic E-state index is 0.175. The van der Waals surface area contributed by atoms with E-state index in [-0.39, 0.29) is 11.4 Å². The summed E-state index contributed by atoms with van der Waals surface area (Å²) < 4.78 is 3.00. The molecule has 5 aromatic rings. The normalized spacial score (nSPS) is 13.8. The van der Waals surface area contributed by atoms with Gasteiger partial charge in [0.15, 0.2) is 0 Å². The Labute approximate surface area is 225 Å². The highest BCUT2D eigenvalue weighted by Gasteiger charge is 2.20. The van der Waals surface area contributed by atoms with Gasteiger partial charge in [0.1, 0.15) is 5.75 Å². The summed E-state index contributed by atoms with van der Waals surface area (Å²) in [4.78, 5) is 22.7. The van der Waals surface area contributed by atoms with Gasteiger partial charge < -0.3 is 19.6 Å². The minimum Gasteiger partial charge on any atom is -0.507 e. The molecular formula is C30H28ClN5O2. The molecule has 7 nitrogen and oxygen atoms in total. The summed E-state index contributed by atoms with van der Waals surface area (Å²) in [5.74, 6) is 0.185. The molecule has 6 rings (SSSR count). The van der Waals surface area contributed by atoms with Crippen LogP contribution in [0.25, 0.3) is 38.8 Å². The number of phenols is 1. The second kappa shape index (κ2) is 9.26. The van der Waals surface area contributed by atoms with Gasteiger partial charge in [0.05, 0.1) is 23.8 Å². The van der Waals surface area contributed by atoms with Crippen LogP contribution < -0.4 is 10.6 Å². The fourth-order valence-corrected chi connectivity index (χ4v) is 5.54. The van der Waals surface area contributed by atoms with Gasteiger partial charge in [-0.25, -0.2) is 4.79 Å². The maximum atomic E-state index is 12.4. The number of aryl methyl sites for hydroxylation is 2. The lowest BCUT2D eigenvalue weighted by Crippen LogP contribution is -2.35. The number of aromatic nitrogens is 3. The molecule has 0 saturated heterocycles. The fourth-order valence-electron chi connectivity index (χ4n) is 5.27. The van der Waals surface area contributed by atoms with Crippen molar-refractivity contribution in [3.63, 3.8) is 0 Å². The molecule has 38 heavy (non-hydrogen) atoms. The Kier molecular flexibility index (Phi) is 5.88. The van der Waals surface area contributed by atoms with Crippen LogP contribution in [0.4, 0.5) is 5.69 Å². The Morgan fingerprint density at radius 3 is 2.47 bits per heavy atom. The summed E-state index contributed by atoms with van der Waals surface area (Å²) in [6.45, 7) is 6.48. The number of H-pyrrole nitrogens is 1. The first kappa shape index (κ1) is 24.1. The molecule has 1 aliphatic rings. The first-order valence-corrected chi connectivity index (χ1v) is 12.9. The van der Waals surface area contributed by atoms with E-state index in [2.05, 4.69) is 40.0 Å².